The standard InChI is InChI=1S/C64H44N2O/c67-64-56(25-14-26-57(64)52-30-29-45-17-7-8-20-49(45)41-52)48-33-38-54(39-34-48)65(63-40-35-51(44-15-3-1-4-16-44)43-60(63)47-18-5-2-6-19-47)53-36-31-46(32-37-53)50-21-13-22-55(42-50)66-61-27-11-9-23-58(61)59-24-10-12-28-62(59)66/h1-43,67H/i7D,8D,14D,17D,20D,25D,26D,29D,30D,33D,34D,38D,39D. The number of anilines is 3. The van der Waals surface area contributed by atoms with Gasteiger partial charge in [0.1, 0.15) is 5.75 Å². The largest absolute Gasteiger partial charge is 0.507 e. The van der Waals surface area contributed by atoms with Crippen molar-refractivity contribution in [3.05, 3.63) is 261 Å². The SMILES string of the molecule is [2H]c1c([2H])c(-c2cc3c([2H])c([2H])c([2H])c([2H])c3c([2H])c2[2H])c(O)c(-c2c([2H])c([2H])c(N(c3ccc(-c4cccc(-n5c6ccccc6c6ccccc65)c4)cc3)c3ccc(-c4ccccc4)cc3-c3ccccc3)c([2H])c2[2H])c1[2H]. The molecule has 0 unspecified atom stereocenters. The van der Waals surface area contributed by atoms with E-state index in [-0.39, 0.29) is 22.0 Å². The van der Waals surface area contributed by atoms with Gasteiger partial charge in [-0.15, -0.1) is 0 Å². The van der Waals surface area contributed by atoms with Crippen LogP contribution in [0.2, 0.25) is 0 Å². The Morgan fingerprint density at radius 2 is 0.925 bits per heavy atom. The summed E-state index contributed by atoms with van der Waals surface area (Å²) in [7, 11) is 0. The quantitative estimate of drug-likeness (QED) is 0.157. The summed E-state index contributed by atoms with van der Waals surface area (Å²) in [5.74, 6) is -0.949. The van der Waals surface area contributed by atoms with Crippen molar-refractivity contribution in [2.75, 3.05) is 4.90 Å². The molecule has 0 spiro atoms. The lowest BCUT2D eigenvalue weighted by Gasteiger charge is -2.29. The zero-order valence-electron chi connectivity index (χ0n) is 48.7. The second kappa shape index (κ2) is 16.9. The Morgan fingerprint density at radius 3 is 1.64 bits per heavy atom. The van der Waals surface area contributed by atoms with E-state index in [1.165, 1.54) is 0 Å². The third kappa shape index (κ3) is 7.29. The van der Waals surface area contributed by atoms with Crippen LogP contribution in [0.3, 0.4) is 0 Å². The van der Waals surface area contributed by atoms with Crippen molar-refractivity contribution in [2.45, 2.75) is 0 Å². The van der Waals surface area contributed by atoms with Gasteiger partial charge in [0.25, 0.3) is 0 Å². The molecule has 0 saturated carbocycles. The lowest BCUT2D eigenvalue weighted by atomic mass is 9.95. The first kappa shape index (κ1) is 28.1. The molecule has 1 aromatic heterocycles. The maximum absolute atomic E-state index is 12.3. The number of nitrogens with zero attached hydrogens (tertiary/aromatic N) is 2. The van der Waals surface area contributed by atoms with Gasteiger partial charge in [-0.2, -0.15) is 0 Å². The molecule has 1 N–H and O–H groups in total. The Kier molecular flexibility index (Phi) is 7.08. The third-order valence-electron chi connectivity index (χ3n) is 12.1. The van der Waals surface area contributed by atoms with Crippen molar-refractivity contribution >= 4 is 49.6 Å². The first-order valence-electron chi connectivity index (χ1n) is 28.2. The van der Waals surface area contributed by atoms with Gasteiger partial charge in [-0.05, 0) is 116 Å². The molecule has 12 rings (SSSR count). The Hall–Kier alpha value is -8.92. The summed E-state index contributed by atoms with van der Waals surface area (Å²) in [6.07, 6.45) is 0. The van der Waals surface area contributed by atoms with Crippen LogP contribution in [-0.2, 0) is 0 Å². The molecule has 0 bridgehead atoms. The van der Waals surface area contributed by atoms with Crippen LogP contribution >= 0.6 is 0 Å². The Labute approximate surface area is 408 Å². The summed E-state index contributed by atoms with van der Waals surface area (Å²) in [6.45, 7) is 0. The van der Waals surface area contributed by atoms with Crippen molar-refractivity contribution in [1.29, 1.82) is 0 Å². The minimum atomic E-state index is -0.949. The van der Waals surface area contributed by atoms with Crippen LogP contribution in [0.15, 0.2) is 261 Å². The fourth-order valence-corrected chi connectivity index (χ4v) is 8.90. The van der Waals surface area contributed by atoms with Gasteiger partial charge in [0.15, 0.2) is 0 Å². The highest BCUT2D eigenvalue weighted by molar-refractivity contribution is 6.09. The van der Waals surface area contributed by atoms with E-state index in [4.69, 9.17) is 12.3 Å². The van der Waals surface area contributed by atoms with E-state index in [1.807, 2.05) is 140 Å². The summed E-state index contributed by atoms with van der Waals surface area (Å²) >= 11 is 0. The predicted molar refractivity (Wildman–Crippen MR) is 282 cm³/mol. The average Bonchev–Trinajstić information content (AvgIpc) is 3.93. The molecule has 3 heteroatoms. The number of fused-ring (bicyclic) bond motifs is 4. The van der Waals surface area contributed by atoms with Crippen LogP contribution < -0.4 is 4.90 Å². The number of aromatic nitrogens is 1. The van der Waals surface area contributed by atoms with E-state index >= 15 is 0 Å². The smallest absolute Gasteiger partial charge is 0.131 e. The first-order chi connectivity index (χ1) is 38.6. The van der Waals surface area contributed by atoms with Crippen LogP contribution in [-0.4, -0.2) is 9.67 Å². The van der Waals surface area contributed by atoms with Crippen LogP contribution in [0.5, 0.6) is 5.75 Å². The van der Waals surface area contributed by atoms with Crippen LogP contribution in [0, 0.1) is 0 Å². The summed E-state index contributed by atoms with van der Waals surface area (Å²) in [5.41, 5.74) is 6.77. The molecule has 0 radical (unpaired) electrons. The number of para-hydroxylation sites is 3. The number of rotatable bonds is 9. The molecular formula is C64H44N2O. The van der Waals surface area contributed by atoms with Gasteiger partial charge < -0.3 is 14.6 Å². The van der Waals surface area contributed by atoms with Crippen molar-refractivity contribution < 1.29 is 22.9 Å². The zero-order chi connectivity index (χ0) is 56.0. The number of hydrogen-bond donors (Lipinski definition) is 1. The molecule has 0 aliphatic rings. The van der Waals surface area contributed by atoms with E-state index in [0.717, 1.165) is 61.4 Å². The Morgan fingerprint density at radius 1 is 0.358 bits per heavy atom. The molecule has 0 saturated heterocycles. The molecule has 0 aliphatic heterocycles. The van der Waals surface area contributed by atoms with Gasteiger partial charge >= 0.3 is 0 Å². The summed E-state index contributed by atoms with van der Waals surface area (Å²) < 4.78 is 120. The normalized spacial score (nSPS) is 14.1. The van der Waals surface area contributed by atoms with Crippen LogP contribution in [0.1, 0.15) is 17.8 Å². The highest BCUT2D eigenvalue weighted by Gasteiger charge is 2.20. The number of benzene rings is 11. The van der Waals surface area contributed by atoms with Crippen molar-refractivity contribution in [3.63, 3.8) is 0 Å². The van der Waals surface area contributed by atoms with Gasteiger partial charge in [-0.3, -0.25) is 0 Å². The molecule has 316 valence electrons. The second-order valence-corrected chi connectivity index (χ2v) is 16.1. The molecule has 1 heterocycles. The van der Waals surface area contributed by atoms with Gasteiger partial charge in [-0.1, -0.05) is 194 Å². The first-order valence-corrected chi connectivity index (χ1v) is 21.7. The minimum absolute atomic E-state index is 0.181. The highest BCUT2D eigenvalue weighted by atomic mass is 16.3. The second-order valence-electron chi connectivity index (χ2n) is 16.1. The highest BCUT2D eigenvalue weighted by Crippen LogP contribution is 2.45. The number of hydrogen-bond acceptors (Lipinski definition) is 2. The third-order valence-corrected chi connectivity index (χ3v) is 12.1. The summed E-state index contributed by atoms with van der Waals surface area (Å²) in [6, 6.07) is 50.1. The van der Waals surface area contributed by atoms with Crippen molar-refractivity contribution in [1.82, 2.24) is 4.57 Å². The molecule has 3 nitrogen and oxygen atoms in total. The van der Waals surface area contributed by atoms with E-state index < -0.39 is 101 Å². The van der Waals surface area contributed by atoms with E-state index in [2.05, 4.69) is 41.0 Å². The van der Waals surface area contributed by atoms with Crippen LogP contribution in [0.25, 0.3) is 93.9 Å². The number of aromatic hydroxyl groups is 1. The predicted octanol–water partition coefficient (Wildman–Crippen LogP) is 17.4. The molecule has 11 aromatic carbocycles. The molecule has 67 heavy (non-hydrogen) atoms. The molecule has 0 aliphatic carbocycles. The van der Waals surface area contributed by atoms with Crippen molar-refractivity contribution in [2.24, 2.45) is 0 Å². The fraction of sp³-hybridized carbons (Fsp3) is 0. The lowest BCUT2D eigenvalue weighted by Crippen LogP contribution is -2.11. The topological polar surface area (TPSA) is 28.4 Å². The summed E-state index contributed by atoms with van der Waals surface area (Å²) in [5, 5.41) is 14.1. The van der Waals surface area contributed by atoms with Crippen LogP contribution in [0.4, 0.5) is 17.1 Å². The summed E-state index contributed by atoms with van der Waals surface area (Å²) in [4.78, 5) is 1.66. The maximum Gasteiger partial charge on any atom is 0.131 e. The van der Waals surface area contributed by atoms with Gasteiger partial charge in [0, 0.05) is 44.5 Å². The van der Waals surface area contributed by atoms with Crippen molar-refractivity contribution in [3.8, 4) is 67.1 Å². The van der Waals surface area contributed by atoms with E-state index in [0.29, 0.717) is 16.9 Å². The molecule has 0 atom stereocenters. The van der Waals surface area contributed by atoms with Gasteiger partial charge in [-0.25, -0.2) is 0 Å². The van der Waals surface area contributed by atoms with Gasteiger partial charge in [0.2, 0.25) is 0 Å². The monoisotopic (exact) mass is 869 g/mol. The molecular weight excluding hydrogens is 813 g/mol. The van der Waals surface area contributed by atoms with E-state index in [9.17, 15) is 10.6 Å². The number of phenolic OH excluding ortho intramolecular Hbond substituents is 1. The Bertz CT molecular complexity index is 4450. The van der Waals surface area contributed by atoms with Gasteiger partial charge in [0.05, 0.1) is 34.5 Å². The lowest BCUT2D eigenvalue weighted by molar-refractivity contribution is 0.479. The molecule has 0 fully saturated rings. The average molecular weight is 870 g/mol. The molecule has 0 amide bonds. The fourth-order valence-electron chi connectivity index (χ4n) is 8.90. The zero-order valence-corrected chi connectivity index (χ0v) is 35.7. The molecule has 12 aromatic rings. The number of phenols is 1. The maximum atomic E-state index is 12.3. The van der Waals surface area contributed by atoms with E-state index in [1.54, 1.807) is 4.90 Å². The Balaban J connectivity index is 1.06. The minimum Gasteiger partial charge on any atom is -0.507 e.